The van der Waals surface area contributed by atoms with Gasteiger partial charge in [-0.1, -0.05) is 0 Å². The zero-order valence-electron chi connectivity index (χ0n) is 7.21. The normalized spacial score (nSPS) is 10.9. The predicted octanol–water partition coefficient (Wildman–Crippen LogP) is -0.0293. The van der Waals surface area contributed by atoms with Gasteiger partial charge < -0.3 is 19.9 Å². The highest BCUT2D eigenvalue weighted by molar-refractivity contribution is 4.40. The Kier molecular flexibility index (Phi) is 7.83. The molecule has 0 aromatic rings. The first-order chi connectivity index (χ1) is 5.35. The second-order valence-electron chi connectivity index (χ2n) is 2.12. The van der Waals surface area contributed by atoms with Crippen molar-refractivity contribution in [3.63, 3.8) is 0 Å². The van der Waals surface area contributed by atoms with Crippen LogP contribution in [0.5, 0.6) is 0 Å². The van der Waals surface area contributed by atoms with Crippen LogP contribution in [0.25, 0.3) is 0 Å². The SMILES string of the molecule is COC(COCCCN)OC. The summed E-state index contributed by atoms with van der Waals surface area (Å²) < 4.78 is 15.0. The van der Waals surface area contributed by atoms with Crippen LogP contribution in [-0.4, -0.2) is 40.3 Å². The van der Waals surface area contributed by atoms with Gasteiger partial charge >= 0.3 is 0 Å². The maximum absolute atomic E-state index is 5.27. The van der Waals surface area contributed by atoms with Crippen LogP contribution in [0, 0.1) is 0 Å². The topological polar surface area (TPSA) is 53.7 Å². The Labute approximate surface area is 67.6 Å². The second kappa shape index (κ2) is 7.94. The van der Waals surface area contributed by atoms with Gasteiger partial charge in [0.2, 0.25) is 0 Å². The number of rotatable bonds is 7. The molecule has 0 unspecified atom stereocenters. The van der Waals surface area contributed by atoms with Gasteiger partial charge in [-0.3, -0.25) is 0 Å². The zero-order chi connectivity index (χ0) is 8.53. The van der Waals surface area contributed by atoms with E-state index < -0.39 is 0 Å². The van der Waals surface area contributed by atoms with E-state index >= 15 is 0 Å². The highest BCUT2D eigenvalue weighted by Crippen LogP contribution is 1.91. The van der Waals surface area contributed by atoms with Crippen molar-refractivity contribution < 1.29 is 14.2 Å². The molecule has 0 aromatic heterocycles. The first-order valence-corrected chi connectivity index (χ1v) is 3.68. The first kappa shape index (κ1) is 10.8. The van der Waals surface area contributed by atoms with E-state index in [1.54, 1.807) is 14.2 Å². The molecular weight excluding hydrogens is 146 g/mol. The molecule has 0 saturated heterocycles. The van der Waals surface area contributed by atoms with Crippen molar-refractivity contribution in [2.45, 2.75) is 12.7 Å². The summed E-state index contributed by atoms with van der Waals surface area (Å²) in [5.74, 6) is 0. The molecule has 0 amide bonds. The molecule has 0 rings (SSSR count). The fourth-order valence-corrected chi connectivity index (χ4v) is 0.597. The van der Waals surface area contributed by atoms with Gasteiger partial charge in [0.15, 0.2) is 6.29 Å². The average molecular weight is 163 g/mol. The summed E-state index contributed by atoms with van der Waals surface area (Å²) in [5.41, 5.74) is 5.27. The van der Waals surface area contributed by atoms with Crippen LogP contribution >= 0.6 is 0 Å². The summed E-state index contributed by atoms with van der Waals surface area (Å²) in [4.78, 5) is 0. The highest BCUT2D eigenvalue weighted by atomic mass is 16.7. The molecule has 0 heterocycles. The Bertz CT molecular complexity index is 76.1. The number of hydrogen-bond acceptors (Lipinski definition) is 4. The minimum absolute atomic E-state index is 0.257. The molecule has 0 atom stereocenters. The first-order valence-electron chi connectivity index (χ1n) is 3.68. The van der Waals surface area contributed by atoms with E-state index in [9.17, 15) is 0 Å². The average Bonchev–Trinajstić information content (AvgIpc) is 2.05. The Balaban J connectivity index is 3.07. The summed E-state index contributed by atoms with van der Waals surface area (Å²) in [6, 6.07) is 0. The van der Waals surface area contributed by atoms with Crippen LogP contribution in [0.4, 0.5) is 0 Å². The lowest BCUT2D eigenvalue weighted by molar-refractivity contribution is -0.140. The van der Waals surface area contributed by atoms with Gasteiger partial charge in [-0.2, -0.15) is 0 Å². The van der Waals surface area contributed by atoms with Gasteiger partial charge in [-0.25, -0.2) is 0 Å². The van der Waals surface area contributed by atoms with E-state index in [1.807, 2.05) is 0 Å². The molecule has 0 saturated carbocycles. The van der Waals surface area contributed by atoms with E-state index in [2.05, 4.69) is 0 Å². The van der Waals surface area contributed by atoms with E-state index in [-0.39, 0.29) is 6.29 Å². The Morgan fingerprint density at radius 2 is 1.91 bits per heavy atom. The molecule has 0 aliphatic rings. The van der Waals surface area contributed by atoms with Crippen LogP contribution in [0.2, 0.25) is 0 Å². The molecule has 0 spiro atoms. The molecule has 0 bridgehead atoms. The smallest absolute Gasteiger partial charge is 0.180 e. The van der Waals surface area contributed by atoms with Crippen LogP contribution in [-0.2, 0) is 14.2 Å². The van der Waals surface area contributed by atoms with Gasteiger partial charge in [-0.15, -0.1) is 0 Å². The largest absolute Gasteiger partial charge is 0.376 e. The molecular formula is C7H17NO3. The Morgan fingerprint density at radius 1 is 1.27 bits per heavy atom. The third-order valence-electron chi connectivity index (χ3n) is 1.27. The minimum Gasteiger partial charge on any atom is -0.376 e. The monoisotopic (exact) mass is 163 g/mol. The summed E-state index contributed by atoms with van der Waals surface area (Å²) in [5, 5.41) is 0. The van der Waals surface area contributed by atoms with Crippen molar-refractivity contribution in [2.24, 2.45) is 5.73 Å². The fourth-order valence-electron chi connectivity index (χ4n) is 0.597. The molecule has 68 valence electrons. The third kappa shape index (κ3) is 6.25. The minimum atomic E-state index is -0.257. The summed E-state index contributed by atoms with van der Waals surface area (Å²) in [7, 11) is 3.17. The molecule has 0 radical (unpaired) electrons. The van der Waals surface area contributed by atoms with Crippen molar-refractivity contribution in [1.29, 1.82) is 0 Å². The Hall–Kier alpha value is -0.160. The molecule has 0 fully saturated rings. The van der Waals surface area contributed by atoms with Crippen molar-refractivity contribution in [3.05, 3.63) is 0 Å². The quantitative estimate of drug-likeness (QED) is 0.423. The predicted molar refractivity (Wildman–Crippen MR) is 42.3 cm³/mol. The van der Waals surface area contributed by atoms with Crippen molar-refractivity contribution in [1.82, 2.24) is 0 Å². The van der Waals surface area contributed by atoms with Crippen LogP contribution in [0.15, 0.2) is 0 Å². The van der Waals surface area contributed by atoms with Gasteiger partial charge in [0.25, 0.3) is 0 Å². The lowest BCUT2D eigenvalue weighted by Gasteiger charge is -2.12. The third-order valence-corrected chi connectivity index (χ3v) is 1.27. The van der Waals surface area contributed by atoms with Crippen LogP contribution < -0.4 is 5.73 Å². The van der Waals surface area contributed by atoms with E-state index in [4.69, 9.17) is 19.9 Å². The molecule has 4 nitrogen and oxygen atoms in total. The Morgan fingerprint density at radius 3 is 2.36 bits per heavy atom. The van der Waals surface area contributed by atoms with E-state index in [1.165, 1.54) is 0 Å². The molecule has 0 aliphatic carbocycles. The van der Waals surface area contributed by atoms with Crippen molar-refractivity contribution in [2.75, 3.05) is 34.0 Å². The highest BCUT2D eigenvalue weighted by Gasteiger charge is 2.02. The van der Waals surface area contributed by atoms with Crippen molar-refractivity contribution >= 4 is 0 Å². The fraction of sp³-hybridized carbons (Fsp3) is 1.00. The zero-order valence-corrected chi connectivity index (χ0v) is 7.21. The van der Waals surface area contributed by atoms with Gasteiger partial charge in [0.1, 0.15) is 0 Å². The number of hydrogen-bond donors (Lipinski definition) is 1. The molecule has 11 heavy (non-hydrogen) atoms. The maximum Gasteiger partial charge on any atom is 0.180 e. The van der Waals surface area contributed by atoms with Crippen molar-refractivity contribution in [3.8, 4) is 0 Å². The number of ether oxygens (including phenoxy) is 3. The van der Waals surface area contributed by atoms with E-state index in [0.29, 0.717) is 19.8 Å². The van der Waals surface area contributed by atoms with E-state index in [0.717, 1.165) is 6.42 Å². The lowest BCUT2D eigenvalue weighted by atomic mass is 10.5. The maximum atomic E-state index is 5.27. The standard InChI is InChI=1S/C7H17NO3/c1-9-7(10-2)6-11-5-3-4-8/h7H,3-6,8H2,1-2H3. The number of methoxy groups -OCH3 is 2. The number of nitrogens with two attached hydrogens (primary N) is 1. The van der Waals surface area contributed by atoms with Crippen LogP contribution in [0.1, 0.15) is 6.42 Å². The summed E-state index contributed by atoms with van der Waals surface area (Å²) in [6.45, 7) is 1.79. The second-order valence-corrected chi connectivity index (χ2v) is 2.12. The molecule has 0 aliphatic heterocycles. The lowest BCUT2D eigenvalue weighted by Crippen LogP contribution is -2.21. The molecule has 0 aromatic carbocycles. The van der Waals surface area contributed by atoms with Gasteiger partial charge in [0.05, 0.1) is 6.61 Å². The molecule has 2 N–H and O–H groups in total. The summed E-state index contributed by atoms with van der Waals surface area (Å²) >= 11 is 0. The van der Waals surface area contributed by atoms with Gasteiger partial charge in [-0.05, 0) is 13.0 Å². The molecule has 4 heteroatoms. The van der Waals surface area contributed by atoms with Gasteiger partial charge in [0, 0.05) is 20.8 Å². The summed E-state index contributed by atoms with van der Waals surface area (Å²) in [6.07, 6.45) is 0.618. The van der Waals surface area contributed by atoms with Crippen LogP contribution in [0.3, 0.4) is 0 Å².